The zero-order chi connectivity index (χ0) is 13.8. The van der Waals surface area contributed by atoms with Gasteiger partial charge in [-0.3, -0.25) is 15.1 Å². The molecule has 1 aromatic carbocycles. The number of methoxy groups -OCH3 is 1. The number of carbonyl (C=O) groups is 1. The molecule has 0 N–H and O–H groups in total. The molecule has 0 aliphatic carbocycles. The summed E-state index contributed by atoms with van der Waals surface area (Å²) in [6, 6.07) is 4.36. The van der Waals surface area contributed by atoms with Crippen LogP contribution >= 0.6 is 0 Å². The van der Waals surface area contributed by atoms with Crippen molar-refractivity contribution in [2.45, 2.75) is 0 Å². The Bertz CT molecular complexity index is 641. The Morgan fingerprint density at radius 3 is 2.84 bits per heavy atom. The number of carbonyl (C=O) groups excluding carboxylic acids is 1. The van der Waals surface area contributed by atoms with Gasteiger partial charge in [-0.15, -0.1) is 0 Å². The number of nitrogens with zero attached hydrogens (tertiary/aromatic N) is 2. The Labute approximate surface area is 107 Å². The molecule has 98 valence electrons. The minimum Gasteiger partial charge on any atom is -0.481 e. The first-order valence-electron chi connectivity index (χ1n) is 5.34. The molecule has 19 heavy (non-hydrogen) atoms. The topological polar surface area (TPSA) is 91.6 Å². The fourth-order valence-electron chi connectivity index (χ4n) is 1.63. The Balaban J connectivity index is 2.44. The molecule has 7 heteroatoms. The molecule has 0 atom stereocenters. The number of esters is 1. The first kappa shape index (κ1) is 12.7. The van der Waals surface area contributed by atoms with Gasteiger partial charge in [0.1, 0.15) is 5.75 Å². The lowest BCUT2D eigenvalue weighted by atomic mass is 10.1. The highest BCUT2D eigenvalue weighted by Crippen LogP contribution is 2.32. The van der Waals surface area contributed by atoms with Crippen LogP contribution in [0.5, 0.6) is 5.75 Å². The van der Waals surface area contributed by atoms with Crippen LogP contribution in [-0.4, -0.2) is 29.6 Å². The summed E-state index contributed by atoms with van der Waals surface area (Å²) in [4.78, 5) is 25.3. The normalized spacial score (nSPS) is 10.2. The third-order valence-corrected chi connectivity index (χ3v) is 2.52. The van der Waals surface area contributed by atoms with Gasteiger partial charge >= 0.3 is 5.97 Å². The van der Waals surface area contributed by atoms with Crippen LogP contribution in [0.1, 0.15) is 0 Å². The molecule has 0 aliphatic rings. The van der Waals surface area contributed by atoms with E-state index in [1.165, 1.54) is 31.6 Å². The van der Waals surface area contributed by atoms with E-state index >= 15 is 0 Å². The van der Waals surface area contributed by atoms with E-state index in [2.05, 4.69) is 9.72 Å². The van der Waals surface area contributed by atoms with Crippen molar-refractivity contribution in [3.8, 4) is 5.75 Å². The van der Waals surface area contributed by atoms with E-state index in [9.17, 15) is 14.9 Å². The van der Waals surface area contributed by atoms with Gasteiger partial charge < -0.3 is 9.47 Å². The van der Waals surface area contributed by atoms with Crippen LogP contribution in [0.25, 0.3) is 10.8 Å². The number of non-ortho nitro benzene ring substituents is 1. The maximum Gasteiger partial charge on any atom is 0.343 e. The molecule has 0 radical (unpaired) electrons. The lowest BCUT2D eigenvalue weighted by Crippen LogP contribution is -2.12. The minimum absolute atomic E-state index is 0.0616. The maximum atomic E-state index is 11.0. The molecule has 0 unspecified atom stereocenters. The van der Waals surface area contributed by atoms with Gasteiger partial charge in [-0.2, -0.15) is 0 Å². The lowest BCUT2D eigenvalue weighted by molar-refractivity contribution is -0.383. The van der Waals surface area contributed by atoms with E-state index in [1.807, 2.05) is 0 Å². The van der Waals surface area contributed by atoms with E-state index in [-0.39, 0.29) is 12.3 Å². The molecule has 7 nitrogen and oxygen atoms in total. The second-order valence-corrected chi connectivity index (χ2v) is 3.63. The number of pyridine rings is 1. The molecule has 0 saturated heterocycles. The predicted octanol–water partition coefficient (Wildman–Crippen LogP) is 1.69. The van der Waals surface area contributed by atoms with Crippen molar-refractivity contribution >= 4 is 22.4 Å². The predicted molar refractivity (Wildman–Crippen MR) is 65.9 cm³/mol. The van der Waals surface area contributed by atoms with Crippen LogP contribution in [0.2, 0.25) is 0 Å². The SMILES string of the molecule is COC(=O)COc1ccc([N+](=O)[O-])c2cnccc12. The lowest BCUT2D eigenvalue weighted by Gasteiger charge is -2.08. The second kappa shape index (κ2) is 5.30. The largest absolute Gasteiger partial charge is 0.481 e. The van der Waals surface area contributed by atoms with Crippen molar-refractivity contribution in [2.75, 3.05) is 13.7 Å². The first-order valence-corrected chi connectivity index (χ1v) is 5.34. The third-order valence-electron chi connectivity index (χ3n) is 2.52. The van der Waals surface area contributed by atoms with Gasteiger partial charge in [0.25, 0.3) is 5.69 Å². The molecule has 1 aromatic heterocycles. The fourth-order valence-corrected chi connectivity index (χ4v) is 1.63. The Morgan fingerprint density at radius 2 is 2.16 bits per heavy atom. The number of rotatable bonds is 4. The van der Waals surface area contributed by atoms with Gasteiger partial charge in [-0.1, -0.05) is 0 Å². The molecule has 2 aromatic rings. The quantitative estimate of drug-likeness (QED) is 0.473. The molecule has 0 spiro atoms. The summed E-state index contributed by atoms with van der Waals surface area (Å²) >= 11 is 0. The van der Waals surface area contributed by atoms with Crippen LogP contribution in [0.3, 0.4) is 0 Å². The molecule has 0 aliphatic heterocycles. The zero-order valence-corrected chi connectivity index (χ0v) is 10.0. The highest BCUT2D eigenvalue weighted by molar-refractivity contribution is 5.94. The van der Waals surface area contributed by atoms with Crippen LogP contribution in [-0.2, 0) is 9.53 Å². The average molecular weight is 262 g/mol. The Morgan fingerprint density at radius 1 is 1.37 bits per heavy atom. The van der Waals surface area contributed by atoms with Crippen molar-refractivity contribution in [3.63, 3.8) is 0 Å². The van der Waals surface area contributed by atoms with Gasteiger partial charge in [-0.25, -0.2) is 4.79 Å². The molecule has 2 rings (SSSR count). The number of hydrogen-bond acceptors (Lipinski definition) is 6. The average Bonchev–Trinajstić information content (AvgIpc) is 2.43. The van der Waals surface area contributed by atoms with E-state index < -0.39 is 10.9 Å². The van der Waals surface area contributed by atoms with Gasteiger partial charge in [0.15, 0.2) is 6.61 Å². The Hall–Kier alpha value is -2.70. The smallest absolute Gasteiger partial charge is 0.343 e. The number of nitro groups is 1. The first-order chi connectivity index (χ1) is 9.13. The van der Waals surface area contributed by atoms with Crippen molar-refractivity contribution in [1.82, 2.24) is 4.98 Å². The minimum atomic E-state index is -0.527. The third kappa shape index (κ3) is 2.59. The van der Waals surface area contributed by atoms with E-state index in [0.717, 1.165) is 0 Å². The van der Waals surface area contributed by atoms with Crippen molar-refractivity contribution in [2.24, 2.45) is 0 Å². The van der Waals surface area contributed by atoms with Crippen LogP contribution in [0, 0.1) is 10.1 Å². The molecule has 0 saturated carbocycles. The Kier molecular flexibility index (Phi) is 3.56. The van der Waals surface area contributed by atoms with E-state index in [0.29, 0.717) is 16.5 Å². The van der Waals surface area contributed by atoms with Crippen LogP contribution in [0.4, 0.5) is 5.69 Å². The number of aromatic nitrogens is 1. The summed E-state index contributed by atoms with van der Waals surface area (Å²) in [6.45, 7) is -0.258. The monoisotopic (exact) mass is 262 g/mol. The van der Waals surface area contributed by atoms with Gasteiger partial charge in [-0.05, 0) is 12.1 Å². The summed E-state index contributed by atoms with van der Waals surface area (Å²) in [5, 5.41) is 11.8. The van der Waals surface area contributed by atoms with Crippen LogP contribution < -0.4 is 4.74 Å². The van der Waals surface area contributed by atoms with Crippen molar-refractivity contribution in [3.05, 3.63) is 40.7 Å². The highest BCUT2D eigenvalue weighted by Gasteiger charge is 2.15. The molecule has 0 bridgehead atoms. The maximum absolute atomic E-state index is 11.0. The van der Waals surface area contributed by atoms with Gasteiger partial charge in [0.05, 0.1) is 17.4 Å². The second-order valence-electron chi connectivity index (χ2n) is 3.63. The van der Waals surface area contributed by atoms with E-state index in [4.69, 9.17) is 4.74 Å². The standard InChI is InChI=1S/C12H10N2O5/c1-18-12(15)7-19-11-3-2-10(14(16)17)9-6-13-5-4-8(9)11/h2-6H,7H2,1H3. The number of fused-ring (bicyclic) bond motifs is 1. The number of benzene rings is 1. The van der Waals surface area contributed by atoms with E-state index in [1.54, 1.807) is 6.07 Å². The molecular formula is C12H10N2O5. The molecular weight excluding hydrogens is 252 g/mol. The summed E-state index contributed by atoms with van der Waals surface area (Å²) in [5.74, 6) is -0.158. The molecule has 0 fully saturated rings. The van der Waals surface area contributed by atoms with Crippen molar-refractivity contribution in [1.29, 1.82) is 0 Å². The van der Waals surface area contributed by atoms with Gasteiger partial charge in [0.2, 0.25) is 0 Å². The number of nitro benzene ring substituents is 1. The summed E-state index contributed by atoms with van der Waals surface area (Å²) in [5.41, 5.74) is -0.0616. The summed E-state index contributed by atoms with van der Waals surface area (Å²) in [6.07, 6.45) is 2.88. The fraction of sp³-hybridized carbons (Fsp3) is 0.167. The van der Waals surface area contributed by atoms with Crippen LogP contribution in [0.15, 0.2) is 30.6 Å². The zero-order valence-electron chi connectivity index (χ0n) is 10.0. The van der Waals surface area contributed by atoms with Crippen molar-refractivity contribution < 1.29 is 19.2 Å². The highest BCUT2D eigenvalue weighted by atomic mass is 16.6. The van der Waals surface area contributed by atoms with Gasteiger partial charge in [0, 0.05) is 23.8 Å². The molecule has 1 heterocycles. The number of ether oxygens (including phenoxy) is 2. The summed E-state index contributed by atoms with van der Waals surface area (Å²) < 4.78 is 9.74. The molecule has 0 amide bonds. The number of hydrogen-bond donors (Lipinski definition) is 0. The summed E-state index contributed by atoms with van der Waals surface area (Å²) in [7, 11) is 1.25.